The van der Waals surface area contributed by atoms with Gasteiger partial charge in [-0.2, -0.15) is 0 Å². The molecule has 0 saturated carbocycles. The second-order valence-corrected chi connectivity index (χ2v) is 4.47. The first-order chi connectivity index (χ1) is 7.84. The first kappa shape index (κ1) is 13.7. The minimum atomic E-state index is -1.72. The summed E-state index contributed by atoms with van der Waals surface area (Å²) in [6.45, 7) is 3.27. The van der Waals surface area contributed by atoms with E-state index in [0.29, 0.717) is 0 Å². The van der Waals surface area contributed by atoms with Gasteiger partial charge in [0.15, 0.2) is 11.9 Å². The van der Waals surface area contributed by atoms with Gasteiger partial charge in [0.1, 0.15) is 0 Å². The predicted molar refractivity (Wildman–Crippen MR) is 63.4 cm³/mol. The number of Topliss-reactive ketones (excluding diaryl/α,β-unsaturated/α-hetero) is 1. The van der Waals surface area contributed by atoms with Gasteiger partial charge in [-0.15, -0.1) is 11.6 Å². The van der Waals surface area contributed by atoms with Gasteiger partial charge < -0.3 is 10.2 Å². The summed E-state index contributed by atoms with van der Waals surface area (Å²) in [5.74, 6) is -1.80. The van der Waals surface area contributed by atoms with Crippen LogP contribution in [0.4, 0.5) is 0 Å². The number of rotatable bonds is 4. The van der Waals surface area contributed by atoms with Crippen molar-refractivity contribution in [2.24, 2.45) is 0 Å². The van der Waals surface area contributed by atoms with Gasteiger partial charge in [-0.3, -0.25) is 4.79 Å². The van der Waals surface area contributed by atoms with Gasteiger partial charge in [0.25, 0.3) is 0 Å². The zero-order chi connectivity index (χ0) is 13.2. The number of aliphatic hydroxyl groups excluding tert-OH is 1. The molecule has 0 amide bonds. The molecule has 1 aromatic rings. The van der Waals surface area contributed by atoms with Gasteiger partial charge in [-0.05, 0) is 19.9 Å². The Kier molecular flexibility index (Phi) is 4.26. The van der Waals surface area contributed by atoms with Crippen LogP contribution >= 0.6 is 11.6 Å². The lowest BCUT2D eigenvalue weighted by molar-refractivity contribution is -0.146. The molecular formula is C12H13ClO4. The summed E-state index contributed by atoms with van der Waals surface area (Å²) in [6.07, 6.45) is -1.72. The Balaban J connectivity index is 3.31. The maximum absolute atomic E-state index is 11.8. The first-order valence-corrected chi connectivity index (χ1v) is 5.48. The number of hydrogen-bond acceptors (Lipinski definition) is 3. The maximum atomic E-state index is 11.8. The quantitative estimate of drug-likeness (QED) is 0.638. The molecule has 0 aromatic heterocycles. The van der Waals surface area contributed by atoms with E-state index in [9.17, 15) is 14.7 Å². The number of carbonyl (C=O) groups is 2. The fourth-order valence-electron chi connectivity index (χ4n) is 1.47. The first-order valence-electron chi connectivity index (χ1n) is 5.04. The molecule has 0 aliphatic carbocycles. The largest absolute Gasteiger partial charge is 0.479 e. The van der Waals surface area contributed by atoms with E-state index in [1.54, 1.807) is 13.0 Å². The monoisotopic (exact) mass is 256 g/mol. The zero-order valence-electron chi connectivity index (χ0n) is 9.48. The van der Waals surface area contributed by atoms with E-state index in [1.165, 1.54) is 19.1 Å². The number of carbonyl (C=O) groups excluding carboxylic acids is 1. The van der Waals surface area contributed by atoms with Crippen LogP contribution in [-0.2, 0) is 4.79 Å². The van der Waals surface area contributed by atoms with Gasteiger partial charge in [-0.1, -0.05) is 17.7 Å². The molecule has 0 bridgehead atoms. The maximum Gasteiger partial charge on any atom is 0.337 e. The molecule has 0 aliphatic heterocycles. The highest BCUT2D eigenvalue weighted by Gasteiger charge is 2.24. The third kappa shape index (κ3) is 3.05. The van der Waals surface area contributed by atoms with Crippen molar-refractivity contribution in [2.75, 3.05) is 0 Å². The minimum Gasteiger partial charge on any atom is -0.479 e. The van der Waals surface area contributed by atoms with Crippen LogP contribution in [0.25, 0.3) is 0 Å². The molecule has 0 aliphatic rings. The Morgan fingerprint density at radius 1 is 1.35 bits per heavy atom. The summed E-state index contributed by atoms with van der Waals surface area (Å²) in [5.41, 5.74) is 1.02. The Bertz CT molecular complexity index is 454. The Labute approximate surface area is 104 Å². The highest BCUT2D eigenvalue weighted by atomic mass is 35.5. The van der Waals surface area contributed by atoms with Crippen molar-refractivity contribution in [2.45, 2.75) is 25.3 Å². The number of alkyl halides is 1. The SMILES string of the molecule is Cc1ccc(C(O)C(=O)O)c(C(=O)C(C)Cl)c1. The van der Waals surface area contributed by atoms with E-state index in [1.807, 2.05) is 0 Å². The molecule has 2 unspecified atom stereocenters. The van der Waals surface area contributed by atoms with Crippen molar-refractivity contribution in [3.8, 4) is 0 Å². The number of carboxylic acid groups (broad SMARTS) is 1. The molecule has 0 saturated heterocycles. The number of halogens is 1. The van der Waals surface area contributed by atoms with Gasteiger partial charge in [0, 0.05) is 11.1 Å². The molecule has 0 fully saturated rings. The minimum absolute atomic E-state index is 0.0700. The van der Waals surface area contributed by atoms with Gasteiger partial charge in [-0.25, -0.2) is 4.79 Å². The molecule has 1 rings (SSSR count). The molecule has 17 heavy (non-hydrogen) atoms. The molecule has 1 aromatic carbocycles. The lowest BCUT2D eigenvalue weighted by Gasteiger charge is -2.13. The van der Waals surface area contributed by atoms with Crippen LogP contribution in [-0.4, -0.2) is 27.3 Å². The molecular weight excluding hydrogens is 244 g/mol. The number of hydrogen-bond donors (Lipinski definition) is 2. The molecule has 92 valence electrons. The van der Waals surface area contributed by atoms with Crippen LogP contribution in [0.15, 0.2) is 18.2 Å². The predicted octanol–water partition coefficient (Wildman–Crippen LogP) is 1.92. The van der Waals surface area contributed by atoms with Gasteiger partial charge in [0.2, 0.25) is 0 Å². The number of aliphatic hydroxyl groups is 1. The smallest absolute Gasteiger partial charge is 0.337 e. The van der Waals surface area contributed by atoms with Crippen LogP contribution in [0.1, 0.15) is 34.5 Å². The van der Waals surface area contributed by atoms with Crippen LogP contribution < -0.4 is 0 Å². The number of ketones is 1. The van der Waals surface area contributed by atoms with E-state index < -0.39 is 23.2 Å². The standard InChI is InChI=1S/C12H13ClO4/c1-6-3-4-8(11(15)12(16)17)9(5-6)10(14)7(2)13/h3-5,7,11,15H,1-2H3,(H,16,17). The van der Waals surface area contributed by atoms with Crippen molar-refractivity contribution in [1.29, 1.82) is 0 Å². The zero-order valence-corrected chi connectivity index (χ0v) is 10.2. The number of carboxylic acids is 1. The number of aryl methyl sites for hydroxylation is 1. The van der Waals surface area contributed by atoms with Crippen molar-refractivity contribution in [1.82, 2.24) is 0 Å². The highest BCUT2D eigenvalue weighted by Crippen LogP contribution is 2.22. The normalized spacial score (nSPS) is 14.1. The van der Waals surface area contributed by atoms with Crippen molar-refractivity contribution < 1.29 is 19.8 Å². The molecule has 2 atom stereocenters. The number of aliphatic carboxylic acids is 1. The summed E-state index contributed by atoms with van der Waals surface area (Å²) in [4.78, 5) is 22.5. The Morgan fingerprint density at radius 2 is 1.94 bits per heavy atom. The van der Waals surface area contributed by atoms with Crippen LogP contribution in [0.3, 0.4) is 0 Å². The van der Waals surface area contributed by atoms with Crippen LogP contribution in [0.5, 0.6) is 0 Å². The summed E-state index contributed by atoms with van der Waals surface area (Å²) < 4.78 is 0. The van der Waals surface area contributed by atoms with E-state index in [2.05, 4.69) is 0 Å². The van der Waals surface area contributed by atoms with E-state index in [-0.39, 0.29) is 11.1 Å². The summed E-state index contributed by atoms with van der Waals surface area (Å²) in [5, 5.41) is 17.5. The van der Waals surface area contributed by atoms with E-state index >= 15 is 0 Å². The molecule has 5 heteroatoms. The molecule has 2 N–H and O–H groups in total. The average Bonchev–Trinajstić information content (AvgIpc) is 2.26. The Hall–Kier alpha value is -1.39. The highest BCUT2D eigenvalue weighted by molar-refractivity contribution is 6.33. The summed E-state index contributed by atoms with van der Waals surface area (Å²) >= 11 is 5.69. The summed E-state index contributed by atoms with van der Waals surface area (Å²) in [6, 6.07) is 4.60. The van der Waals surface area contributed by atoms with Gasteiger partial charge >= 0.3 is 5.97 Å². The number of benzene rings is 1. The van der Waals surface area contributed by atoms with E-state index in [0.717, 1.165) is 5.56 Å². The van der Waals surface area contributed by atoms with E-state index in [4.69, 9.17) is 16.7 Å². The Morgan fingerprint density at radius 3 is 2.41 bits per heavy atom. The second kappa shape index (κ2) is 5.29. The van der Waals surface area contributed by atoms with Gasteiger partial charge in [0.05, 0.1) is 5.38 Å². The average molecular weight is 257 g/mol. The summed E-state index contributed by atoms with van der Waals surface area (Å²) in [7, 11) is 0. The third-order valence-electron chi connectivity index (χ3n) is 2.36. The van der Waals surface area contributed by atoms with Crippen molar-refractivity contribution in [3.63, 3.8) is 0 Å². The second-order valence-electron chi connectivity index (χ2n) is 3.81. The lowest BCUT2D eigenvalue weighted by Crippen LogP contribution is -2.18. The molecule has 0 heterocycles. The lowest BCUT2D eigenvalue weighted by atomic mass is 9.96. The topological polar surface area (TPSA) is 74.6 Å². The van der Waals surface area contributed by atoms with Crippen molar-refractivity contribution >= 4 is 23.4 Å². The fourth-order valence-corrected chi connectivity index (χ4v) is 1.59. The molecule has 0 radical (unpaired) electrons. The molecule has 4 nitrogen and oxygen atoms in total. The van der Waals surface area contributed by atoms with Crippen molar-refractivity contribution in [3.05, 3.63) is 34.9 Å². The van der Waals surface area contributed by atoms with Crippen LogP contribution in [0.2, 0.25) is 0 Å². The third-order valence-corrected chi connectivity index (χ3v) is 2.56. The fraction of sp³-hybridized carbons (Fsp3) is 0.333. The molecule has 0 spiro atoms. The van der Waals surface area contributed by atoms with Crippen LogP contribution in [0, 0.1) is 6.92 Å².